The van der Waals surface area contributed by atoms with Crippen molar-refractivity contribution in [3.05, 3.63) is 108 Å². The molecule has 0 unspecified atom stereocenters. The molecule has 0 aliphatic carbocycles. The summed E-state index contributed by atoms with van der Waals surface area (Å²) in [4.78, 5) is 0.256. The fourth-order valence-corrected chi connectivity index (χ4v) is 7.23. The first-order valence-electron chi connectivity index (χ1n) is 13.7. The van der Waals surface area contributed by atoms with Gasteiger partial charge < -0.3 is 0 Å². The van der Waals surface area contributed by atoms with Gasteiger partial charge in [-0.15, -0.1) is 0 Å². The van der Waals surface area contributed by atoms with Crippen LogP contribution in [0.3, 0.4) is 0 Å². The zero-order valence-electron chi connectivity index (χ0n) is 22.4. The zero-order chi connectivity index (χ0) is 27.7. The molecule has 1 aliphatic heterocycles. The summed E-state index contributed by atoms with van der Waals surface area (Å²) in [7, 11) is -3.62. The summed E-state index contributed by atoms with van der Waals surface area (Å²) >= 11 is 0. The van der Waals surface area contributed by atoms with Gasteiger partial charge in [0, 0.05) is 36.6 Å². The van der Waals surface area contributed by atoms with E-state index in [4.69, 9.17) is 0 Å². The van der Waals surface area contributed by atoms with Crippen molar-refractivity contribution in [2.45, 2.75) is 49.5 Å². The molecule has 2 aromatic heterocycles. The third-order valence-electron chi connectivity index (χ3n) is 8.02. The molecule has 0 N–H and O–H groups in total. The maximum absolute atomic E-state index is 13.5. The zero-order valence-corrected chi connectivity index (χ0v) is 23.3. The molecule has 3 aromatic carbocycles. The van der Waals surface area contributed by atoms with E-state index in [9.17, 15) is 12.8 Å². The van der Waals surface area contributed by atoms with Gasteiger partial charge in [-0.3, -0.25) is 4.68 Å². The van der Waals surface area contributed by atoms with E-state index >= 15 is 0 Å². The number of aromatic nitrogens is 4. The standard InChI is InChI=1S/C31H32FN5O2S/c1-2-16-35-23-29(22-33-35)40(38,39)36-17-14-31(15-18-36,20-24-6-4-3-5-7-24)26-8-13-30-25(19-26)21-34-37(30)28-11-9-27(32)10-12-28/h3-13,19,21-23H,2,14-18,20H2,1H3. The molecule has 40 heavy (non-hydrogen) atoms. The van der Waals surface area contributed by atoms with Crippen molar-refractivity contribution >= 4 is 20.9 Å². The minimum Gasteiger partial charge on any atom is -0.271 e. The highest BCUT2D eigenvalue weighted by Crippen LogP contribution is 2.41. The summed E-state index contributed by atoms with van der Waals surface area (Å²) in [5.74, 6) is -0.284. The Morgan fingerprint density at radius 2 is 1.68 bits per heavy atom. The minimum atomic E-state index is -3.62. The fourth-order valence-electron chi connectivity index (χ4n) is 5.84. The number of nitrogens with zero attached hydrogens (tertiary/aromatic N) is 5. The lowest BCUT2D eigenvalue weighted by Crippen LogP contribution is -2.46. The van der Waals surface area contributed by atoms with Gasteiger partial charge >= 0.3 is 0 Å². The summed E-state index contributed by atoms with van der Waals surface area (Å²) in [6, 6.07) is 23.1. The van der Waals surface area contributed by atoms with Crippen LogP contribution in [-0.2, 0) is 28.4 Å². The average molecular weight is 558 g/mol. The van der Waals surface area contributed by atoms with Crippen molar-refractivity contribution in [1.82, 2.24) is 23.9 Å². The smallest absolute Gasteiger partial charge is 0.246 e. The molecule has 1 aliphatic rings. The second kappa shape index (κ2) is 10.6. The number of benzene rings is 3. The Balaban J connectivity index is 1.32. The Morgan fingerprint density at radius 1 is 0.925 bits per heavy atom. The molecule has 6 rings (SSSR count). The van der Waals surface area contributed by atoms with Crippen molar-refractivity contribution < 1.29 is 12.8 Å². The SMILES string of the molecule is CCCn1cc(S(=O)(=O)N2CCC(Cc3ccccc3)(c3ccc4c(cnn4-c4ccc(F)cc4)c3)CC2)cn1. The molecule has 5 aromatic rings. The van der Waals surface area contributed by atoms with Crippen LogP contribution in [0.25, 0.3) is 16.6 Å². The molecule has 0 radical (unpaired) electrons. The number of halogens is 1. The largest absolute Gasteiger partial charge is 0.271 e. The highest BCUT2D eigenvalue weighted by molar-refractivity contribution is 7.89. The summed E-state index contributed by atoms with van der Waals surface area (Å²) in [5.41, 5.74) is 3.90. The van der Waals surface area contributed by atoms with Crippen LogP contribution in [0.4, 0.5) is 4.39 Å². The van der Waals surface area contributed by atoms with E-state index in [1.165, 1.54) is 29.5 Å². The quantitative estimate of drug-likeness (QED) is 0.244. The van der Waals surface area contributed by atoms with Gasteiger partial charge in [-0.25, -0.2) is 17.5 Å². The van der Waals surface area contributed by atoms with Crippen molar-refractivity contribution in [2.75, 3.05) is 13.1 Å². The van der Waals surface area contributed by atoms with Gasteiger partial charge in [-0.1, -0.05) is 43.3 Å². The number of hydrogen-bond donors (Lipinski definition) is 0. The highest BCUT2D eigenvalue weighted by atomic mass is 32.2. The Morgan fingerprint density at radius 3 is 2.40 bits per heavy atom. The van der Waals surface area contributed by atoms with Crippen molar-refractivity contribution in [2.24, 2.45) is 0 Å². The van der Waals surface area contributed by atoms with Crippen molar-refractivity contribution in [3.63, 3.8) is 0 Å². The maximum Gasteiger partial charge on any atom is 0.246 e. The molecule has 3 heterocycles. The normalized spacial score (nSPS) is 15.9. The van der Waals surface area contributed by atoms with Crippen LogP contribution in [-0.4, -0.2) is 45.4 Å². The van der Waals surface area contributed by atoms with Crippen LogP contribution in [0.5, 0.6) is 0 Å². The Hall–Kier alpha value is -3.82. The molecule has 1 fully saturated rings. The molecule has 0 spiro atoms. The number of piperidine rings is 1. The molecule has 7 nitrogen and oxygen atoms in total. The number of aryl methyl sites for hydroxylation is 1. The lowest BCUT2D eigenvalue weighted by molar-refractivity contribution is 0.230. The van der Waals surface area contributed by atoms with Crippen LogP contribution >= 0.6 is 0 Å². The summed E-state index contributed by atoms with van der Waals surface area (Å²) in [6.45, 7) is 3.59. The van der Waals surface area contributed by atoms with Gasteiger partial charge in [0.2, 0.25) is 10.0 Å². The van der Waals surface area contributed by atoms with E-state index in [0.29, 0.717) is 32.5 Å². The number of rotatable bonds is 8. The van der Waals surface area contributed by atoms with Crippen LogP contribution in [0.15, 0.2) is 96.3 Å². The summed E-state index contributed by atoms with van der Waals surface area (Å²) in [5, 5.41) is 9.81. The Bertz CT molecular complexity index is 1720. The Labute approximate surface area is 233 Å². The van der Waals surface area contributed by atoms with Crippen LogP contribution in [0.2, 0.25) is 0 Å². The lowest BCUT2D eigenvalue weighted by atomic mass is 9.69. The molecular formula is C31H32FN5O2S. The van der Waals surface area contributed by atoms with Gasteiger partial charge in [-0.05, 0) is 73.2 Å². The molecule has 9 heteroatoms. The first-order valence-corrected chi connectivity index (χ1v) is 15.1. The number of sulfonamides is 1. The molecule has 0 atom stereocenters. The van der Waals surface area contributed by atoms with Gasteiger partial charge in [-0.2, -0.15) is 14.5 Å². The second-order valence-corrected chi connectivity index (χ2v) is 12.5. The van der Waals surface area contributed by atoms with Crippen LogP contribution in [0, 0.1) is 5.82 Å². The minimum absolute atomic E-state index is 0.230. The van der Waals surface area contributed by atoms with Gasteiger partial charge in [0.05, 0.1) is 23.6 Å². The topological polar surface area (TPSA) is 73.0 Å². The third kappa shape index (κ3) is 4.95. The van der Waals surface area contributed by atoms with E-state index in [1.54, 1.807) is 27.3 Å². The summed E-state index contributed by atoms with van der Waals surface area (Å²) < 4.78 is 45.6. The predicted octanol–water partition coefficient (Wildman–Crippen LogP) is 5.74. The lowest BCUT2D eigenvalue weighted by Gasteiger charge is -2.42. The van der Waals surface area contributed by atoms with Gasteiger partial charge in [0.25, 0.3) is 0 Å². The van der Waals surface area contributed by atoms with E-state index in [0.717, 1.165) is 29.4 Å². The van der Waals surface area contributed by atoms with E-state index in [-0.39, 0.29) is 16.1 Å². The van der Waals surface area contributed by atoms with E-state index in [1.807, 2.05) is 36.0 Å². The highest BCUT2D eigenvalue weighted by Gasteiger charge is 2.40. The molecule has 206 valence electrons. The molecule has 1 saturated heterocycles. The molecular weight excluding hydrogens is 525 g/mol. The van der Waals surface area contributed by atoms with Crippen molar-refractivity contribution in [1.29, 1.82) is 0 Å². The molecule has 0 saturated carbocycles. The Kier molecular flexibility index (Phi) is 7.02. The first kappa shape index (κ1) is 26.4. The van der Waals surface area contributed by atoms with Crippen molar-refractivity contribution in [3.8, 4) is 5.69 Å². The van der Waals surface area contributed by atoms with E-state index < -0.39 is 10.0 Å². The monoisotopic (exact) mass is 557 g/mol. The average Bonchev–Trinajstić information content (AvgIpc) is 3.62. The summed E-state index contributed by atoms with van der Waals surface area (Å²) in [6.07, 6.45) is 8.03. The fraction of sp³-hybridized carbons (Fsp3) is 0.290. The maximum atomic E-state index is 13.5. The van der Waals surface area contributed by atoms with E-state index in [2.05, 4.69) is 40.5 Å². The second-order valence-electron chi connectivity index (χ2n) is 10.6. The predicted molar refractivity (Wildman–Crippen MR) is 153 cm³/mol. The van der Waals surface area contributed by atoms with Crippen LogP contribution in [0.1, 0.15) is 37.3 Å². The first-order chi connectivity index (χ1) is 19.4. The number of fused-ring (bicyclic) bond motifs is 1. The molecule has 0 amide bonds. The molecule has 0 bridgehead atoms. The van der Waals surface area contributed by atoms with Crippen LogP contribution < -0.4 is 0 Å². The number of hydrogen-bond acceptors (Lipinski definition) is 4. The van der Waals surface area contributed by atoms with Gasteiger partial charge in [0.15, 0.2) is 0 Å². The third-order valence-corrected chi connectivity index (χ3v) is 9.87. The van der Waals surface area contributed by atoms with Gasteiger partial charge in [0.1, 0.15) is 10.7 Å².